The lowest BCUT2D eigenvalue weighted by atomic mass is 10.0. The molecule has 0 atom stereocenters. The van der Waals surface area contributed by atoms with E-state index in [0.29, 0.717) is 12.6 Å². The summed E-state index contributed by atoms with van der Waals surface area (Å²) in [5, 5.41) is 6.46. The second-order valence-corrected chi connectivity index (χ2v) is 12.1. The molecule has 0 saturated carbocycles. The first kappa shape index (κ1) is 24.4. The van der Waals surface area contributed by atoms with E-state index >= 15 is 0 Å². The largest absolute Gasteiger partial charge is 0.348 e. The third-order valence-corrected chi connectivity index (χ3v) is 9.56. The maximum atomic E-state index is 13.1. The molecule has 0 bridgehead atoms. The Morgan fingerprint density at radius 3 is 2.67 bits per heavy atom. The van der Waals surface area contributed by atoms with E-state index in [9.17, 15) is 18.0 Å². The zero-order valence-corrected chi connectivity index (χ0v) is 21.7. The second-order valence-electron chi connectivity index (χ2n) is 9.14. The molecule has 3 heterocycles. The van der Waals surface area contributed by atoms with Gasteiger partial charge in [0.25, 0.3) is 11.8 Å². The molecule has 1 saturated heterocycles. The number of piperidine rings is 1. The smallest absolute Gasteiger partial charge is 0.257 e. The number of anilines is 2. The van der Waals surface area contributed by atoms with E-state index in [2.05, 4.69) is 39.5 Å². The Kier molecular flexibility index (Phi) is 6.54. The van der Waals surface area contributed by atoms with Gasteiger partial charge in [0, 0.05) is 35.8 Å². The lowest BCUT2D eigenvalue weighted by molar-refractivity contribution is 0.0949. The highest BCUT2D eigenvalue weighted by molar-refractivity contribution is 7.91. The van der Waals surface area contributed by atoms with E-state index in [0.717, 1.165) is 35.9 Å². The van der Waals surface area contributed by atoms with Crippen molar-refractivity contribution in [3.05, 3.63) is 64.7 Å². The van der Waals surface area contributed by atoms with Crippen molar-refractivity contribution in [2.24, 2.45) is 0 Å². The first-order chi connectivity index (χ1) is 17.2. The average Bonchev–Trinajstić information content (AvgIpc) is 3.33. The normalized spacial score (nSPS) is 17.2. The maximum absolute atomic E-state index is 13.1. The fourth-order valence-electron chi connectivity index (χ4n) is 4.57. The molecule has 188 valence electrons. The minimum Gasteiger partial charge on any atom is -0.348 e. The Balaban J connectivity index is 1.27. The lowest BCUT2D eigenvalue weighted by Crippen LogP contribution is -2.41. The standard InChI is InChI=1S/C25H27N5O4S2/c1-29(2)17-9-11-30(12-10-17)25-27-15-18(35-25)14-26-23(31)16-7-8-22-20(13-16)28-24(32)19-5-3-4-6-21(19)36(22,33)34/h3-8,13,15,17H,9-12,14H2,1-2H3,(H,26,31)(H,28,32). The van der Waals surface area contributed by atoms with Gasteiger partial charge in [-0.3, -0.25) is 9.59 Å². The van der Waals surface area contributed by atoms with Gasteiger partial charge in [-0.25, -0.2) is 13.4 Å². The molecule has 1 aromatic heterocycles. The van der Waals surface area contributed by atoms with E-state index in [1.54, 1.807) is 29.7 Å². The van der Waals surface area contributed by atoms with Gasteiger partial charge >= 0.3 is 0 Å². The van der Waals surface area contributed by atoms with Crippen LogP contribution in [0.15, 0.2) is 58.5 Å². The first-order valence-electron chi connectivity index (χ1n) is 11.7. The first-order valence-corrected chi connectivity index (χ1v) is 14.0. The van der Waals surface area contributed by atoms with Gasteiger partial charge in [-0.1, -0.05) is 12.1 Å². The summed E-state index contributed by atoms with van der Waals surface area (Å²) in [7, 11) is 0.309. The van der Waals surface area contributed by atoms with Gasteiger partial charge in [-0.15, -0.1) is 11.3 Å². The molecule has 2 aliphatic heterocycles. The van der Waals surface area contributed by atoms with Gasteiger partial charge in [0.15, 0.2) is 5.13 Å². The van der Waals surface area contributed by atoms with Crippen molar-refractivity contribution >= 4 is 43.8 Å². The highest BCUT2D eigenvalue weighted by Crippen LogP contribution is 2.34. The van der Waals surface area contributed by atoms with Gasteiger partial charge < -0.3 is 20.4 Å². The van der Waals surface area contributed by atoms with Crippen LogP contribution in [0.3, 0.4) is 0 Å². The highest BCUT2D eigenvalue weighted by Gasteiger charge is 2.31. The third-order valence-electron chi connectivity index (χ3n) is 6.63. The van der Waals surface area contributed by atoms with Gasteiger partial charge in [0.1, 0.15) is 0 Å². The van der Waals surface area contributed by atoms with E-state index in [-0.39, 0.29) is 32.5 Å². The molecule has 2 aromatic carbocycles. The van der Waals surface area contributed by atoms with Crippen molar-refractivity contribution < 1.29 is 18.0 Å². The molecular weight excluding hydrogens is 498 g/mol. The van der Waals surface area contributed by atoms with Crippen LogP contribution in [-0.4, -0.2) is 63.3 Å². The number of fused-ring (bicyclic) bond motifs is 2. The molecule has 2 N–H and O–H groups in total. The van der Waals surface area contributed by atoms with Crippen LogP contribution in [0.1, 0.15) is 38.4 Å². The number of nitrogens with zero attached hydrogens (tertiary/aromatic N) is 3. The Morgan fingerprint density at radius 2 is 1.92 bits per heavy atom. The summed E-state index contributed by atoms with van der Waals surface area (Å²) in [6.45, 7) is 2.21. The van der Waals surface area contributed by atoms with Crippen LogP contribution in [0, 0.1) is 0 Å². The fourth-order valence-corrected chi connectivity index (χ4v) is 7.06. The monoisotopic (exact) mass is 525 g/mol. The van der Waals surface area contributed by atoms with Crippen LogP contribution in [0.25, 0.3) is 0 Å². The summed E-state index contributed by atoms with van der Waals surface area (Å²) in [6, 6.07) is 10.9. The number of benzene rings is 2. The number of carbonyl (C=O) groups excluding carboxylic acids is 2. The van der Waals surface area contributed by atoms with Gasteiger partial charge in [0.05, 0.1) is 27.6 Å². The molecule has 2 amide bonds. The molecular formula is C25H27N5O4S2. The van der Waals surface area contributed by atoms with E-state index in [1.165, 1.54) is 30.3 Å². The Bertz CT molecular complexity index is 1430. The summed E-state index contributed by atoms with van der Waals surface area (Å²) < 4.78 is 26.3. The zero-order chi connectivity index (χ0) is 25.4. The number of sulfone groups is 1. The average molecular weight is 526 g/mol. The van der Waals surface area contributed by atoms with Crippen LogP contribution < -0.4 is 15.5 Å². The highest BCUT2D eigenvalue weighted by atomic mass is 32.2. The summed E-state index contributed by atoms with van der Waals surface area (Å²) >= 11 is 1.55. The number of hydrogen-bond acceptors (Lipinski definition) is 8. The number of nitrogens with one attached hydrogen (secondary N) is 2. The van der Waals surface area contributed by atoms with Crippen molar-refractivity contribution in [2.75, 3.05) is 37.4 Å². The van der Waals surface area contributed by atoms with E-state index in [4.69, 9.17) is 0 Å². The SMILES string of the molecule is CN(C)C1CCN(c2ncc(CNC(=O)c3ccc4c(c3)NC(=O)c3ccccc3S4(=O)=O)s2)CC1. The van der Waals surface area contributed by atoms with Crippen LogP contribution in [-0.2, 0) is 16.4 Å². The van der Waals surface area contributed by atoms with Crippen molar-refractivity contribution in [1.29, 1.82) is 0 Å². The molecule has 5 rings (SSSR count). The molecule has 0 radical (unpaired) electrons. The molecule has 0 spiro atoms. The van der Waals surface area contributed by atoms with Crippen LogP contribution in [0.4, 0.5) is 10.8 Å². The maximum Gasteiger partial charge on any atom is 0.257 e. The summed E-state index contributed by atoms with van der Waals surface area (Å²) in [5.41, 5.74) is 0.419. The van der Waals surface area contributed by atoms with E-state index in [1.807, 2.05) is 0 Å². The Morgan fingerprint density at radius 1 is 1.17 bits per heavy atom. The summed E-state index contributed by atoms with van der Waals surface area (Å²) in [6.07, 6.45) is 3.96. The predicted octanol–water partition coefficient (Wildman–Crippen LogP) is 3.00. The number of thiazole rings is 1. The fraction of sp³-hybridized carbons (Fsp3) is 0.320. The Hall–Kier alpha value is -3.28. The van der Waals surface area contributed by atoms with Crippen molar-refractivity contribution in [3.63, 3.8) is 0 Å². The number of amides is 2. The number of aromatic nitrogens is 1. The molecule has 1 fully saturated rings. The minimum atomic E-state index is -3.91. The van der Waals surface area contributed by atoms with Gasteiger partial charge in [-0.2, -0.15) is 0 Å². The van der Waals surface area contributed by atoms with Crippen molar-refractivity contribution in [3.8, 4) is 0 Å². The lowest BCUT2D eigenvalue weighted by Gasteiger charge is -2.35. The van der Waals surface area contributed by atoms with Crippen molar-refractivity contribution in [2.45, 2.75) is 35.2 Å². The zero-order valence-electron chi connectivity index (χ0n) is 20.0. The summed E-state index contributed by atoms with van der Waals surface area (Å²) in [5.74, 6) is -0.898. The van der Waals surface area contributed by atoms with Crippen molar-refractivity contribution in [1.82, 2.24) is 15.2 Å². The minimum absolute atomic E-state index is 0.0394. The van der Waals surface area contributed by atoms with Crippen LogP contribution in [0.2, 0.25) is 0 Å². The molecule has 36 heavy (non-hydrogen) atoms. The Labute approximate surface area is 214 Å². The molecule has 11 heteroatoms. The number of carbonyl (C=O) groups is 2. The third kappa shape index (κ3) is 4.61. The topological polar surface area (TPSA) is 112 Å². The van der Waals surface area contributed by atoms with E-state index < -0.39 is 15.7 Å². The van der Waals surface area contributed by atoms with Gasteiger partial charge in [-0.05, 0) is 57.3 Å². The quantitative estimate of drug-likeness (QED) is 0.527. The number of rotatable bonds is 5. The second kappa shape index (κ2) is 9.64. The molecule has 2 aliphatic rings. The van der Waals surface area contributed by atoms with Crippen LogP contribution in [0.5, 0.6) is 0 Å². The van der Waals surface area contributed by atoms with Crippen LogP contribution >= 0.6 is 11.3 Å². The molecule has 0 unspecified atom stereocenters. The predicted molar refractivity (Wildman–Crippen MR) is 138 cm³/mol. The number of hydrogen-bond donors (Lipinski definition) is 2. The van der Waals surface area contributed by atoms with Gasteiger partial charge in [0.2, 0.25) is 9.84 Å². The molecule has 9 nitrogen and oxygen atoms in total. The molecule has 3 aromatic rings. The molecule has 0 aliphatic carbocycles. The summed E-state index contributed by atoms with van der Waals surface area (Å²) in [4.78, 5) is 35.4.